The van der Waals surface area contributed by atoms with Crippen LogP contribution in [0.3, 0.4) is 0 Å². The summed E-state index contributed by atoms with van der Waals surface area (Å²) in [4.78, 5) is 9.54. The van der Waals surface area contributed by atoms with E-state index in [1.807, 2.05) is 0 Å². The first-order valence-electron chi connectivity index (χ1n) is 5.63. The molecule has 1 aliphatic rings. The third kappa shape index (κ3) is 3.39. The standard InChI is InChI=1S/C11H14F3N3/c12-9-4-15-11(16-5-9)8-2-1-3-17(6-8)7-10(13)14/h4-5,8,10H,1-3,6-7H2. The van der Waals surface area contributed by atoms with Gasteiger partial charge in [0, 0.05) is 12.5 Å². The van der Waals surface area contributed by atoms with Gasteiger partial charge in [-0.1, -0.05) is 0 Å². The van der Waals surface area contributed by atoms with Crippen molar-refractivity contribution in [3.05, 3.63) is 24.0 Å². The Morgan fingerprint density at radius 2 is 2.06 bits per heavy atom. The van der Waals surface area contributed by atoms with E-state index in [0.717, 1.165) is 25.2 Å². The van der Waals surface area contributed by atoms with E-state index in [0.29, 0.717) is 18.9 Å². The van der Waals surface area contributed by atoms with Gasteiger partial charge in [0.05, 0.1) is 18.9 Å². The molecule has 17 heavy (non-hydrogen) atoms. The number of alkyl halides is 2. The van der Waals surface area contributed by atoms with E-state index in [9.17, 15) is 13.2 Å². The first-order chi connectivity index (χ1) is 8.15. The van der Waals surface area contributed by atoms with Crippen molar-refractivity contribution >= 4 is 0 Å². The van der Waals surface area contributed by atoms with Gasteiger partial charge in [0.15, 0.2) is 5.82 Å². The fourth-order valence-electron chi connectivity index (χ4n) is 2.16. The van der Waals surface area contributed by atoms with Gasteiger partial charge in [-0.25, -0.2) is 23.1 Å². The quantitative estimate of drug-likeness (QED) is 0.816. The predicted molar refractivity (Wildman–Crippen MR) is 56.4 cm³/mol. The number of likely N-dealkylation sites (tertiary alicyclic amines) is 1. The van der Waals surface area contributed by atoms with Gasteiger partial charge in [-0.2, -0.15) is 0 Å². The number of piperidine rings is 1. The summed E-state index contributed by atoms with van der Waals surface area (Å²) >= 11 is 0. The maximum absolute atomic E-state index is 12.7. The number of halogens is 3. The van der Waals surface area contributed by atoms with Gasteiger partial charge in [-0.3, -0.25) is 4.90 Å². The molecule has 6 heteroatoms. The van der Waals surface area contributed by atoms with Crippen molar-refractivity contribution in [2.24, 2.45) is 0 Å². The molecule has 94 valence electrons. The minimum Gasteiger partial charge on any atom is -0.297 e. The van der Waals surface area contributed by atoms with Gasteiger partial charge in [-0.15, -0.1) is 0 Å². The van der Waals surface area contributed by atoms with Crippen LogP contribution in [-0.2, 0) is 0 Å². The number of hydrogen-bond donors (Lipinski definition) is 0. The van der Waals surface area contributed by atoms with Crippen LogP contribution in [0.5, 0.6) is 0 Å². The van der Waals surface area contributed by atoms with Crippen LogP contribution >= 0.6 is 0 Å². The van der Waals surface area contributed by atoms with Crippen molar-refractivity contribution in [1.82, 2.24) is 14.9 Å². The molecule has 1 fully saturated rings. The second-order valence-corrected chi connectivity index (χ2v) is 4.25. The molecule has 2 heterocycles. The van der Waals surface area contributed by atoms with Crippen LogP contribution < -0.4 is 0 Å². The van der Waals surface area contributed by atoms with E-state index in [-0.39, 0.29) is 12.5 Å². The van der Waals surface area contributed by atoms with Crippen LogP contribution in [0.2, 0.25) is 0 Å². The number of rotatable bonds is 3. The summed E-state index contributed by atoms with van der Waals surface area (Å²) < 4.78 is 37.2. The van der Waals surface area contributed by atoms with E-state index < -0.39 is 12.2 Å². The predicted octanol–water partition coefficient (Wildman–Crippen LogP) is 2.06. The molecule has 0 amide bonds. The molecule has 1 saturated heterocycles. The Morgan fingerprint density at radius 3 is 2.71 bits per heavy atom. The largest absolute Gasteiger partial charge is 0.297 e. The Labute approximate surface area is 97.7 Å². The lowest BCUT2D eigenvalue weighted by Gasteiger charge is -2.31. The fourth-order valence-corrected chi connectivity index (χ4v) is 2.16. The smallest absolute Gasteiger partial charge is 0.251 e. The van der Waals surface area contributed by atoms with Crippen LogP contribution in [0.4, 0.5) is 13.2 Å². The summed E-state index contributed by atoms with van der Waals surface area (Å²) in [5.74, 6) is 0.0995. The first-order valence-corrected chi connectivity index (χ1v) is 5.63. The number of aromatic nitrogens is 2. The lowest BCUT2D eigenvalue weighted by molar-refractivity contribution is 0.0731. The Kier molecular flexibility index (Phi) is 3.93. The van der Waals surface area contributed by atoms with Crippen molar-refractivity contribution < 1.29 is 13.2 Å². The molecule has 0 bridgehead atoms. The molecule has 0 radical (unpaired) electrons. The average Bonchev–Trinajstić information content (AvgIpc) is 2.29. The second-order valence-electron chi connectivity index (χ2n) is 4.25. The monoisotopic (exact) mass is 245 g/mol. The molecular weight excluding hydrogens is 231 g/mol. The highest BCUT2D eigenvalue weighted by atomic mass is 19.3. The van der Waals surface area contributed by atoms with Gasteiger partial charge in [0.1, 0.15) is 5.82 Å². The first kappa shape index (κ1) is 12.3. The fraction of sp³-hybridized carbons (Fsp3) is 0.636. The molecule has 1 aromatic heterocycles. The summed E-state index contributed by atoms with van der Waals surface area (Å²) in [5.41, 5.74) is 0. The Bertz CT molecular complexity index is 355. The summed E-state index contributed by atoms with van der Waals surface area (Å²) in [6.45, 7) is 0.996. The van der Waals surface area contributed by atoms with Crippen molar-refractivity contribution in [2.45, 2.75) is 25.2 Å². The molecule has 0 N–H and O–H groups in total. The molecule has 0 spiro atoms. The van der Waals surface area contributed by atoms with Gasteiger partial charge in [-0.05, 0) is 19.4 Å². The molecule has 3 nitrogen and oxygen atoms in total. The average molecular weight is 245 g/mol. The van der Waals surface area contributed by atoms with Gasteiger partial charge >= 0.3 is 0 Å². The molecule has 2 rings (SSSR count). The summed E-state index contributed by atoms with van der Waals surface area (Å²) in [7, 11) is 0. The van der Waals surface area contributed by atoms with Crippen LogP contribution in [0, 0.1) is 5.82 Å². The second kappa shape index (κ2) is 5.44. The minimum absolute atomic E-state index is 0.0306. The van der Waals surface area contributed by atoms with Gasteiger partial charge in [0.25, 0.3) is 6.43 Å². The highest BCUT2D eigenvalue weighted by Crippen LogP contribution is 2.24. The summed E-state index contributed by atoms with van der Waals surface area (Å²) in [6, 6.07) is 0. The third-order valence-electron chi connectivity index (χ3n) is 2.91. The van der Waals surface area contributed by atoms with Crippen molar-refractivity contribution in [3.63, 3.8) is 0 Å². The summed E-state index contributed by atoms with van der Waals surface area (Å²) in [6.07, 6.45) is 1.63. The lowest BCUT2D eigenvalue weighted by Crippen LogP contribution is -2.37. The topological polar surface area (TPSA) is 29.0 Å². The lowest BCUT2D eigenvalue weighted by atomic mass is 9.97. The summed E-state index contributed by atoms with van der Waals surface area (Å²) in [5, 5.41) is 0. The van der Waals surface area contributed by atoms with Gasteiger partial charge in [0.2, 0.25) is 0 Å². The Morgan fingerprint density at radius 1 is 1.35 bits per heavy atom. The van der Waals surface area contributed by atoms with E-state index in [1.54, 1.807) is 4.90 Å². The van der Waals surface area contributed by atoms with E-state index >= 15 is 0 Å². The van der Waals surface area contributed by atoms with Crippen LogP contribution in [0.25, 0.3) is 0 Å². The molecular formula is C11H14F3N3. The molecule has 0 aromatic carbocycles. The maximum atomic E-state index is 12.7. The van der Waals surface area contributed by atoms with Crippen molar-refractivity contribution in [1.29, 1.82) is 0 Å². The van der Waals surface area contributed by atoms with Crippen LogP contribution in [0.15, 0.2) is 12.4 Å². The Balaban J connectivity index is 1.99. The third-order valence-corrected chi connectivity index (χ3v) is 2.91. The molecule has 1 aliphatic heterocycles. The number of nitrogens with zero attached hydrogens (tertiary/aromatic N) is 3. The highest BCUT2D eigenvalue weighted by molar-refractivity contribution is 5.00. The van der Waals surface area contributed by atoms with E-state index in [2.05, 4.69) is 9.97 Å². The minimum atomic E-state index is -2.32. The van der Waals surface area contributed by atoms with Crippen molar-refractivity contribution in [2.75, 3.05) is 19.6 Å². The molecule has 1 aromatic rings. The SMILES string of the molecule is Fc1cnc(C2CCCN(CC(F)F)C2)nc1. The zero-order valence-corrected chi connectivity index (χ0v) is 9.32. The van der Waals surface area contributed by atoms with Crippen LogP contribution in [0.1, 0.15) is 24.6 Å². The molecule has 1 atom stereocenters. The normalized spacial score (nSPS) is 22.0. The van der Waals surface area contributed by atoms with Crippen LogP contribution in [-0.4, -0.2) is 40.9 Å². The van der Waals surface area contributed by atoms with E-state index in [1.165, 1.54) is 0 Å². The zero-order chi connectivity index (χ0) is 12.3. The van der Waals surface area contributed by atoms with Crippen molar-refractivity contribution in [3.8, 4) is 0 Å². The van der Waals surface area contributed by atoms with Gasteiger partial charge < -0.3 is 0 Å². The highest BCUT2D eigenvalue weighted by Gasteiger charge is 2.24. The molecule has 1 unspecified atom stereocenters. The molecule has 0 aliphatic carbocycles. The zero-order valence-electron chi connectivity index (χ0n) is 9.32. The Hall–Kier alpha value is -1.17. The maximum Gasteiger partial charge on any atom is 0.251 e. The molecule has 0 saturated carbocycles. The number of hydrogen-bond acceptors (Lipinski definition) is 3. The van der Waals surface area contributed by atoms with E-state index in [4.69, 9.17) is 0 Å².